The Balaban J connectivity index is 1.85. The zero-order valence-corrected chi connectivity index (χ0v) is 11.5. The highest BCUT2D eigenvalue weighted by atomic mass is 16.5. The van der Waals surface area contributed by atoms with Crippen molar-refractivity contribution in [1.29, 1.82) is 0 Å². The van der Waals surface area contributed by atoms with Gasteiger partial charge in [-0.2, -0.15) is 0 Å². The number of nitrogens with two attached hydrogens (primary N) is 1. The van der Waals surface area contributed by atoms with Gasteiger partial charge in [0.25, 0.3) is 0 Å². The van der Waals surface area contributed by atoms with Crippen molar-refractivity contribution in [2.75, 3.05) is 6.61 Å². The summed E-state index contributed by atoms with van der Waals surface area (Å²) in [6.45, 7) is 3.12. The summed E-state index contributed by atoms with van der Waals surface area (Å²) in [5.41, 5.74) is 9.23. The SMILES string of the molecule is CCC(N)COc1ccc2c(c1)OCc1cnccc1-2. The van der Waals surface area contributed by atoms with Crippen LogP contribution in [0.4, 0.5) is 0 Å². The van der Waals surface area contributed by atoms with Crippen LogP contribution in [0.1, 0.15) is 18.9 Å². The van der Waals surface area contributed by atoms with E-state index in [4.69, 9.17) is 15.2 Å². The molecule has 1 atom stereocenters. The van der Waals surface area contributed by atoms with Crippen LogP contribution in [0.2, 0.25) is 0 Å². The summed E-state index contributed by atoms with van der Waals surface area (Å²) in [5, 5.41) is 0. The van der Waals surface area contributed by atoms with Gasteiger partial charge in [-0.3, -0.25) is 4.98 Å². The number of fused-ring (bicyclic) bond motifs is 3. The standard InChI is InChI=1S/C16H18N2O2/c1-2-12(17)10-19-13-3-4-15-14-5-6-18-8-11(14)9-20-16(15)7-13/h3-8,12H,2,9-10,17H2,1H3. The van der Waals surface area contributed by atoms with Crippen LogP contribution >= 0.6 is 0 Å². The van der Waals surface area contributed by atoms with Crippen LogP contribution in [0.25, 0.3) is 11.1 Å². The lowest BCUT2D eigenvalue weighted by Gasteiger charge is -2.21. The minimum absolute atomic E-state index is 0.0683. The second-order valence-electron chi connectivity index (χ2n) is 4.96. The number of nitrogens with zero attached hydrogens (tertiary/aromatic N) is 1. The van der Waals surface area contributed by atoms with Gasteiger partial charge in [0.2, 0.25) is 0 Å². The highest BCUT2D eigenvalue weighted by Crippen LogP contribution is 2.39. The molecule has 104 valence electrons. The summed E-state index contributed by atoms with van der Waals surface area (Å²) < 4.78 is 11.5. The maximum atomic E-state index is 5.86. The number of hydrogen-bond donors (Lipinski definition) is 1. The molecule has 0 amide bonds. The van der Waals surface area contributed by atoms with E-state index in [1.165, 1.54) is 5.56 Å². The van der Waals surface area contributed by atoms with E-state index in [0.717, 1.165) is 29.0 Å². The van der Waals surface area contributed by atoms with E-state index in [1.807, 2.05) is 30.5 Å². The third-order valence-electron chi connectivity index (χ3n) is 3.52. The van der Waals surface area contributed by atoms with Crippen LogP contribution < -0.4 is 15.2 Å². The van der Waals surface area contributed by atoms with E-state index in [-0.39, 0.29) is 6.04 Å². The Hall–Kier alpha value is -2.07. The molecule has 3 rings (SSSR count). The molecule has 0 radical (unpaired) electrons. The molecule has 4 nitrogen and oxygen atoms in total. The van der Waals surface area contributed by atoms with Gasteiger partial charge in [0, 0.05) is 35.6 Å². The van der Waals surface area contributed by atoms with E-state index in [1.54, 1.807) is 6.20 Å². The second-order valence-corrected chi connectivity index (χ2v) is 4.96. The molecule has 2 heterocycles. The quantitative estimate of drug-likeness (QED) is 0.928. The minimum Gasteiger partial charge on any atom is -0.492 e. The van der Waals surface area contributed by atoms with Crippen molar-refractivity contribution < 1.29 is 9.47 Å². The van der Waals surface area contributed by atoms with Crippen LogP contribution in [-0.2, 0) is 6.61 Å². The van der Waals surface area contributed by atoms with Gasteiger partial charge in [-0.15, -0.1) is 0 Å². The van der Waals surface area contributed by atoms with Gasteiger partial charge in [0.05, 0.1) is 0 Å². The number of benzene rings is 1. The van der Waals surface area contributed by atoms with E-state index in [2.05, 4.69) is 11.9 Å². The summed E-state index contributed by atoms with van der Waals surface area (Å²) in [6.07, 6.45) is 4.56. The fourth-order valence-electron chi connectivity index (χ4n) is 2.22. The molecule has 0 spiro atoms. The maximum absolute atomic E-state index is 5.86. The molecule has 1 aromatic carbocycles. The molecule has 1 aliphatic heterocycles. The van der Waals surface area contributed by atoms with E-state index in [9.17, 15) is 0 Å². The second kappa shape index (κ2) is 5.51. The van der Waals surface area contributed by atoms with Crippen LogP contribution in [0.15, 0.2) is 36.7 Å². The molecule has 0 saturated carbocycles. The normalized spacial score (nSPS) is 13.9. The van der Waals surface area contributed by atoms with Crippen molar-refractivity contribution in [2.45, 2.75) is 26.0 Å². The van der Waals surface area contributed by atoms with Crippen LogP contribution in [0.3, 0.4) is 0 Å². The summed E-state index contributed by atoms with van der Waals surface area (Å²) in [4.78, 5) is 4.13. The molecule has 4 heteroatoms. The third-order valence-corrected chi connectivity index (χ3v) is 3.52. The topological polar surface area (TPSA) is 57.4 Å². The fourth-order valence-corrected chi connectivity index (χ4v) is 2.22. The molecule has 0 bridgehead atoms. The number of aromatic nitrogens is 1. The molecular weight excluding hydrogens is 252 g/mol. The van der Waals surface area contributed by atoms with Crippen LogP contribution in [-0.4, -0.2) is 17.6 Å². The molecule has 0 saturated heterocycles. The zero-order valence-electron chi connectivity index (χ0n) is 11.5. The maximum Gasteiger partial charge on any atom is 0.131 e. The molecule has 0 aliphatic carbocycles. The summed E-state index contributed by atoms with van der Waals surface area (Å²) in [5.74, 6) is 1.65. The predicted molar refractivity (Wildman–Crippen MR) is 77.8 cm³/mol. The minimum atomic E-state index is 0.0683. The first-order valence-electron chi connectivity index (χ1n) is 6.86. The number of pyridine rings is 1. The smallest absolute Gasteiger partial charge is 0.131 e. The Morgan fingerprint density at radius 2 is 2.25 bits per heavy atom. The summed E-state index contributed by atoms with van der Waals surface area (Å²) >= 11 is 0. The van der Waals surface area contributed by atoms with Crippen LogP contribution in [0, 0.1) is 0 Å². The van der Waals surface area contributed by atoms with Gasteiger partial charge < -0.3 is 15.2 Å². The largest absolute Gasteiger partial charge is 0.492 e. The van der Waals surface area contributed by atoms with Crippen LogP contribution in [0.5, 0.6) is 11.5 Å². The first-order chi connectivity index (χ1) is 9.78. The highest BCUT2D eigenvalue weighted by Gasteiger charge is 2.17. The van der Waals surface area contributed by atoms with Gasteiger partial charge in [-0.05, 0) is 30.2 Å². The predicted octanol–water partition coefficient (Wildman–Crippen LogP) is 2.76. The van der Waals surface area contributed by atoms with Gasteiger partial charge >= 0.3 is 0 Å². The first kappa shape index (κ1) is 12.9. The van der Waals surface area contributed by atoms with E-state index >= 15 is 0 Å². The number of rotatable bonds is 4. The molecule has 1 aliphatic rings. The Labute approximate surface area is 118 Å². The third kappa shape index (κ3) is 2.47. The van der Waals surface area contributed by atoms with E-state index in [0.29, 0.717) is 13.2 Å². The Kier molecular flexibility index (Phi) is 3.56. The summed E-state index contributed by atoms with van der Waals surface area (Å²) in [7, 11) is 0. The Bertz CT molecular complexity index is 613. The van der Waals surface area contributed by atoms with Crippen molar-refractivity contribution in [2.24, 2.45) is 5.73 Å². The lowest BCUT2D eigenvalue weighted by molar-refractivity contribution is 0.276. The van der Waals surface area contributed by atoms with Crippen molar-refractivity contribution >= 4 is 0 Å². The van der Waals surface area contributed by atoms with Gasteiger partial charge in [0.15, 0.2) is 0 Å². The molecule has 1 unspecified atom stereocenters. The lowest BCUT2D eigenvalue weighted by Crippen LogP contribution is -2.26. The van der Waals surface area contributed by atoms with Gasteiger partial charge in [-0.25, -0.2) is 0 Å². The van der Waals surface area contributed by atoms with E-state index < -0.39 is 0 Å². The monoisotopic (exact) mass is 270 g/mol. The summed E-state index contributed by atoms with van der Waals surface area (Å²) in [6, 6.07) is 8.00. The Morgan fingerprint density at radius 3 is 3.10 bits per heavy atom. The van der Waals surface area contributed by atoms with Crippen molar-refractivity contribution in [3.8, 4) is 22.6 Å². The molecule has 2 N–H and O–H groups in total. The molecule has 0 fully saturated rings. The average Bonchev–Trinajstić information content (AvgIpc) is 2.52. The molecule has 20 heavy (non-hydrogen) atoms. The van der Waals surface area contributed by atoms with Crippen molar-refractivity contribution in [1.82, 2.24) is 4.98 Å². The van der Waals surface area contributed by atoms with Gasteiger partial charge in [-0.1, -0.05) is 6.92 Å². The average molecular weight is 270 g/mol. The molecule has 1 aromatic heterocycles. The van der Waals surface area contributed by atoms with Crippen molar-refractivity contribution in [3.05, 3.63) is 42.2 Å². The van der Waals surface area contributed by atoms with Crippen molar-refractivity contribution in [3.63, 3.8) is 0 Å². The zero-order chi connectivity index (χ0) is 13.9. The molecular formula is C16H18N2O2. The highest BCUT2D eigenvalue weighted by molar-refractivity contribution is 5.75. The Morgan fingerprint density at radius 1 is 1.35 bits per heavy atom. The number of hydrogen-bond acceptors (Lipinski definition) is 4. The number of ether oxygens (including phenoxy) is 2. The fraction of sp³-hybridized carbons (Fsp3) is 0.312. The molecule has 2 aromatic rings. The lowest BCUT2D eigenvalue weighted by atomic mass is 9.99. The van der Waals surface area contributed by atoms with Gasteiger partial charge in [0.1, 0.15) is 24.7 Å². The first-order valence-corrected chi connectivity index (χ1v) is 6.86.